The second-order valence-electron chi connectivity index (χ2n) is 4.97. The van der Waals surface area contributed by atoms with E-state index in [1.807, 2.05) is 18.4 Å². The second kappa shape index (κ2) is 7.42. The van der Waals surface area contributed by atoms with Gasteiger partial charge >= 0.3 is 0 Å². The second-order valence-corrected chi connectivity index (χ2v) is 5.85. The van der Waals surface area contributed by atoms with Gasteiger partial charge in [0.15, 0.2) is 0 Å². The summed E-state index contributed by atoms with van der Waals surface area (Å²) in [6.45, 7) is -0.247. The Morgan fingerprint density at radius 2 is 1.86 bits per heavy atom. The quantitative estimate of drug-likeness (QED) is 0.595. The molecule has 1 saturated heterocycles. The minimum absolute atomic E-state index is 0.0354. The van der Waals surface area contributed by atoms with Crippen LogP contribution in [0.5, 0.6) is 0 Å². The average Bonchev–Trinajstić information content (AvgIpc) is 2.84. The van der Waals surface area contributed by atoms with Gasteiger partial charge in [0.05, 0.1) is 6.10 Å². The fraction of sp³-hybridized carbons (Fsp3) is 0.400. The van der Waals surface area contributed by atoms with Crippen LogP contribution in [0.15, 0.2) is 29.2 Å². The first-order valence-electron chi connectivity index (χ1n) is 6.93. The van der Waals surface area contributed by atoms with Gasteiger partial charge in [0.2, 0.25) is 17.7 Å². The summed E-state index contributed by atoms with van der Waals surface area (Å²) >= 11 is 1.60. The van der Waals surface area contributed by atoms with Crippen LogP contribution in [0.25, 0.3) is 0 Å². The number of nitrogens with zero attached hydrogens (tertiary/aromatic N) is 1. The van der Waals surface area contributed by atoms with Crippen LogP contribution in [0.1, 0.15) is 24.5 Å². The van der Waals surface area contributed by atoms with E-state index in [2.05, 4.69) is 5.32 Å². The lowest BCUT2D eigenvalue weighted by molar-refractivity contribution is -0.142. The number of carbonyl (C=O) groups excluding carboxylic acids is 3. The van der Waals surface area contributed by atoms with E-state index < -0.39 is 12.0 Å². The molecule has 0 bridgehead atoms. The molecule has 1 heterocycles. The van der Waals surface area contributed by atoms with Crippen LogP contribution in [-0.4, -0.2) is 47.1 Å². The highest BCUT2D eigenvalue weighted by atomic mass is 32.2. The van der Waals surface area contributed by atoms with E-state index in [0.717, 1.165) is 9.80 Å². The number of amides is 3. The standard InChI is InChI=1S/C15H18N2O4S/c1-22-11-4-2-10(3-5-11)12(18)8-16-13(19)9-17-14(20)6-7-15(17)21/h2-5,12,18H,6-9H2,1H3,(H,16,19). The highest BCUT2D eigenvalue weighted by Gasteiger charge is 2.30. The van der Waals surface area contributed by atoms with Gasteiger partial charge in [-0.05, 0) is 24.0 Å². The number of benzene rings is 1. The average molecular weight is 322 g/mol. The summed E-state index contributed by atoms with van der Waals surface area (Å²) in [5.41, 5.74) is 0.700. The van der Waals surface area contributed by atoms with E-state index in [0.29, 0.717) is 5.56 Å². The molecule has 2 rings (SSSR count). The molecule has 1 fully saturated rings. The van der Waals surface area contributed by atoms with Gasteiger partial charge in [0.1, 0.15) is 6.54 Å². The van der Waals surface area contributed by atoms with Crippen molar-refractivity contribution in [2.24, 2.45) is 0 Å². The highest BCUT2D eigenvalue weighted by Crippen LogP contribution is 2.18. The Labute approximate surface area is 132 Å². The Balaban J connectivity index is 1.82. The third kappa shape index (κ3) is 4.08. The van der Waals surface area contributed by atoms with E-state index in [4.69, 9.17) is 0 Å². The molecule has 1 aliphatic heterocycles. The minimum atomic E-state index is -0.829. The first-order valence-corrected chi connectivity index (χ1v) is 8.15. The van der Waals surface area contributed by atoms with Gasteiger partial charge in [-0.3, -0.25) is 19.3 Å². The zero-order valence-corrected chi connectivity index (χ0v) is 13.1. The molecule has 1 unspecified atom stereocenters. The molecule has 1 aliphatic rings. The summed E-state index contributed by atoms with van der Waals surface area (Å²) < 4.78 is 0. The maximum Gasteiger partial charge on any atom is 0.240 e. The topological polar surface area (TPSA) is 86.7 Å². The fourth-order valence-corrected chi connectivity index (χ4v) is 2.56. The molecule has 22 heavy (non-hydrogen) atoms. The van der Waals surface area contributed by atoms with E-state index in [-0.39, 0.29) is 37.7 Å². The molecule has 2 N–H and O–H groups in total. The number of nitrogens with one attached hydrogen (secondary N) is 1. The largest absolute Gasteiger partial charge is 0.387 e. The van der Waals surface area contributed by atoms with E-state index >= 15 is 0 Å². The van der Waals surface area contributed by atoms with Crippen LogP contribution >= 0.6 is 11.8 Å². The Bertz CT molecular complexity index is 557. The number of aliphatic hydroxyl groups excluding tert-OH is 1. The molecule has 0 spiro atoms. The van der Waals surface area contributed by atoms with Crippen molar-refractivity contribution < 1.29 is 19.5 Å². The zero-order valence-electron chi connectivity index (χ0n) is 12.2. The van der Waals surface area contributed by atoms with Crippen molar-refractivity contribution in [1.29, 1.82) is 0 Å². The third-order valence-corrected chi connectivity index (χ3v) is 4.19. The Morgan fingerprint density at radius 3 is 2.41 bits per heavy atom. The number of hydrogen-bond acceptors (Lipinski definition) is 5. The van der Waals surface area contributed by atoms with Crippen molar-refractivity contribution in [2.45, 2.75) is 23.8 Å². The molecule has 0 aliphatic carbocycles. The maximum atomic E-state index is 11.8. The lowest BCUT2D eigenvalue weighted by Crippen LogP contribution is -2.41. The molecule has 118 valence electrons. The predicted molar refractivity (Wildman–Crippen MR) is 82.1 cm³/mol. The molecule has 0 saturated carbocycles. The van der Waals surface area contributed by atoms with Gasteiger partial charge in [0, 0.05) is 24.3 Å². The monoisotopic (exact) mass is 322 g/mol. The molecular formula is C15H18N2O4S. The van der Waals surface area contributed by atoms with Gasteiger partial charge in [-0.15, -0.1) is 11.8 Å². The zero-order chi connectivity index (χ0) is 16.1. The number of hydrogen-bond donors (Lipinski definition) is 2. The minimum Gasteiger partial charge on any atom is -0.387 e. The molecule has 0 aromatic heterocycles. The number of thioether (sulfide) groups is 1. The number of aliphatic hydroxyl groups is 1. The molecule has 3 amide bonds. The summed E-state index contributed by atoms with van der Waals surface area (Å²) in [6.07, 6.45) is 1.46. The first kappa shape index (κ1) is 16.5. The Morgan fingerprint density at radius 1 is 1.27 bits per heavy atom. The predicted octanol–water partition coefficient (Wildman–Crippen LogP) is 0.707. The summed E-state index contributed by atoms with van der Waals surface area (Å²) in [7, 11) is 0. The Kier molecular flexibility index (Phi) is 5.57. The molecule has 1 atom stereocenters. The van der Waals surface area contributed by atoms with E-state index in [1.54, 1.807) is 23.9 Å². The maximum absolute atomic E-state index is 11.8. The number of carbonyl (C=O) groups is 3. The van der Waals surface area contributed by atoms with Crippen molar-refractivity contribution >= 4 is 29.5 Å². The summed E-state index contributed by atoms with van der Waals surface area (Å²) in [5.74, 6) is -1.11. The van der Waals surface area contributed by atoms with Crippen LogP contribution in [0.2, 0.25) is 0 Å². The van der Waals surface area contributed by atoms with Crippen molar-refractivity contribution in [3.05, 3.63) is 29.8 Å². The summed E-state index contributed by atoms with van der Waals surface area (Å²) in [6, 6.07) is 7.39. The van der Waals surface area contributed by atoms with Crippen molar-refractivity contribution in [3.63, 3.8) is 0 Å². The van der Waals surface area contributed by atoms with Crippen LogP contribution in [0, 0.1) is 0 Å². The molecule has 1 aromatic carbocycles. The van der Waals surface area contributed by atoms with Gasteiger partial charge in [-0.25, -0.2) is 0 Å². The van der Waals surface area contributed by atoms with Crippen LogP contribution in [0.3, 0.4) is 0 Å². The Hall–Kier alpha value is -1.86. The van der Waals surface area contributed by atoms with Gasteiger partial charge in [-0.2, -0.15) is 0 Å². The third-order valence-electron chi connectivity index (χ3n) is 3.45. The number of likely N-dealkylation sites (tertiary alicyclic amines) is 1. The highest BCUT2D eigenvalue weighted by molar-refractivity contribution is 7.98. The molecule has 7 heteroatoms. The van der Waals surface area contributed by atoms with Gasteiger partial charge < -0.3 is 10.4 Å². The normalized spacial score (nSPS) is 16.0. The summed E-state index contributed by atoms with van der Waals surface area (Å²) in [5, 5.41) is 12.6. The van der Waals surface area contributed by atoms with Crippen LogP contribution in [-0.2, 0) is 14.4 Å². The molecule has 1 aromatic rings. The molecule has 0 radical (unpaired) electrons. The van der Waals surface area contributed by atoms with Gasteiger partial charge in [0.25, 0.3) is 0 Å². The number of imide groups is 1. The first-order chi connectivity index (χ1) is 10.5. The van der Waals surface area contributed by atoms with Crippen molar-refractivity contribution in [3.8, 4) is 0 Å². The summed E-state index contributed by atoms with van der Waals surface area (Å²) in [4.78, 5) is 36.6. The smallest absolute Gasteiger partial charge is 0.240 e. The SMILES string of the molecule is CSc1ccc(C(O)CNC(=O)CN2C(=O)CCC2=O)cc1. The van der Waals surface area contributed by atoms with Crippen LogP contribution < -0.4 is 5.32 Å². The van der Waals surface area contributed by atoms with Gasteiger partial charge in [-0.1, -0.05) is 12.1 Å². The number of rotatable bonds is 6. The molecule has 6 nitrogen and oxygen atoms in total. The van der Waals surface area contributed by atoms with E-state index in [1.165, 1.54) is 0 Å². The van der Waals surface area contributed by atoms with E-state index in [9.17, 15) is 19.5 Å². The fourth-order valence-electron chi connectivity index (χ4n) is 2.15. The molecular weight excluding hydrogens is 304 g/mol. The van der Waals surface area contributed by atoms with Crippen LogP contribution in [0.4, 0.5) is 0 Å². The lowest BCUT2D eigenvalue weighted by Gasteiger charge is -2.16. The lowest BCUT2D eigenvalue weighted by atomic mass is 10.1. The van der Waals surface area contributed by atoms with Crippen molar-refractivity contribution in [2.75, 3.05) is 19.3 Å². The van der Waals surface area contributed by atoms with Crippen molar-refractivity contribution in [1.82, 2.24) is 10.2 Å².